The Hall–Kier alpha value is -0.610. The van der Waals surface area contributed by atoms with Crippen LogP contribution in [0.1, 0.15) is 19.8 Å². The second-order valence-corrected chi connectivity index (χ2v) is 3.31. The average Bonchev–Trinajstić information content (AvgIpc) is 2.03. The number of carboxylic acids is 1. The third-order valence-corrected chi connectivity index (χ3v) is 2.33. The standard InChI is InChI=1S/C8H15NO3/c1-6(8(11)12)9-4-2-3-7(10)5-9/h6-7,10H,2-5H2,1H3,(H,11,12)/t6-,7+/m1/s1. The van der Waals surface area contributed by atoms with Crippen LogP contribution >= 0.6 is 0 Å². The van der Waals surface area contributed by atoms with E-state index in [-0.39, 0.29) is 6.10 Å². The summed E-state index contributed by atoms with van der Waals surface area (Å²) in [5, 5.41) is 18.0. The molecule has 1 aliphatic rings. The van der Waals surface area contributed by atoms with Crippen molar-refractivity contribution in [2.24, 2.45) is 0 Å². The molecule has 0 aromatic heterocycles. The van der Waals surface area contributed by atoms with Crippen molar-refractivity contribution in [3.63, 3.8) is 0 Å². The van der Waals surface area contributed by atoms with Crippen LogP contribution in [0.15, 0.2) is 0 Å². The van der Waals surface area contributed by atoms with Crippen molar-refractivity contribution in [1.29, 1.82) is 0 Å². The lowest BCUT2D eigenvalue weighted by Crippen LogP contribution is -2.46. The Morgan fingerprint density at radius 1 is 1.67 bits per heavy atom. The number of carboxylic acid groups (broad SMARTS) is 1. The molecule has 0 aromatic rings. The van der Waals surface area contributed by atoms with E-state index < -0.39 is 12.0 Å². The van der Waals surface area contributed by atoms with Crippen molar-refractivity contribution < 1.29 is 15.0 Å². The number of β-amino-alcohol motifs (C(OH)–C–C–N with tert-alkyl or cyclic N) is 1. The van der Waals surface area contributed by atoms with Gasteiger partial charge in [-0.3, -0.25) is 9.69 Å². The monoisotopic (exact) mass is 173 g/mol. The number of aliphatic carboxylic acids is 1. The van der Waals surface area contributed by atoms with E-state index in [9.17, 15) is 9.90 Å². The number of hydrogen-bond acceptors (Lipinski definition) is 3. The van der Waals surface area contributed by atoms with Crippen LogP contribution in [0.3, 0.4) is 0 Å². The molecule has 1 aliphatic heterocycles. The van der Waals surface area contributed by atoms with E-state index in [2.05, 4.69) is 0 Å². The van der Waals surface area contributed by atoms with Gasteiger partial charge in [-0.2, -0.15) is 0 Å². The van der Waals surface area contributed by atoms with Crippen molar-refractivity contribution in [1.82, 2.24) is 4.90 Å². The molecule has 1 fully saturated rings. The number of nitrogens with zero attached hydrogens (tertiary/aromatic N) is 1. The van der Waals surface area contributed by atoms with E-state index >= 15 is 0 Å². The molecule has 4 nitrogen and oxygen atoms in total. The molecule has 1 saturated heterocycles. The normalized spacial score (nSPS) is 28.3. The first kappa shape index (κ1) is 9.48. The number of carbonyl (C=O) groups is 1. The van der Waals surface area contributed by atoms with Gasteiger partial charge < -0.3 is 10.2 Å². The summed E-state index contributed by atoms with van der Waals surface area (Å²) in [7, 11) is 0. The van der Waals surface area contributed by atoms with Crippen LogP contribution in [0.4, 0.5) is 0 Å². The zero-order chi connectivity index (χ0) is 9.14. The Labute approximate surface area is 71.8 Å². The Bertz CT molecular complexity index is 172. The fourth-order valence-corrected chi connectivity index (χ4v) is 1.49. The van der Waals surface area contributed by atoms with E-state index in [1.165, 1.54) is 0 Å². The van der Waals surface area contributed by atoms with Gasteiger partial charge in [0, 0.05) is 6.54 Å². The van der Waals surface area contributed by atoms with Gasteiger partial charge in [-0.1, -0.05) is 0 Å². The van der Waals surface area contributed by atoms with Gasteiger partial charge in [0.1, 0.15) is 6.04 Å². The lowest BCUT2D eigenvalue weighted by molar-refractivity contribution is -0.143. The van der Waals surface area contributed by atoms with Crippen molar-refractivity contribution >= 4 is 5.97 Å². The van der Waals surface area contributed by atoms with Gasteiger partial charge in [-0.15, -0.1) is 0 Å². The van der Waals surface area contributed by atoms with E-state index in [1.807, 2.05) is 0 Å². The maximum absolute atomic E-state index is 10.6. The predicted molar refractivity (Wildman–Crippen MR) is 43.9 cm³/mol. The largest absolute Gasteiger partial charge is 0.480 e. The van der Waals surface area contributed by atoms with Crippen molar-refractivity contribution in [2.75, 3.05) is 13.1 Å². The molecule has 70 valence electrons. The van der Waals surface area contributed by atoms with Gasteiger partial charge >= 0.3 is 5.97 Å². The molecular weight excluding hydrogens is 158 g/mol. The van der Waals surface area contributed by atoms with Crippen LogP contribution in [0.2, 0.25) is 0 Å². The van der Waals surface area contributed by atoms with Crippen molar-refractivity contribution in [2.45, 2.75) is 31.9 Å². The molecule has 0 aromatic carbocycles. The van der Waals surface area contributed by atoms with Crippen molar-refractivity contribution in [3.8, 4) is 0 Å². The molecular formula is C8H15NO3. The molecule has 0 aliphatic carbocycles. The molecule has 0 bridgehead atoms. The third kappa shape index (κ3) is 2.19. The fourth-order valence-electron chi connectivity index (χ4n) is 1.49. The topological polar surface area (TPSA) is 60.8 Å². The van der Waals surface area contributed by atoms with Gasteiger partial charge in [0.15, 0.2) is 0 Å². The molecule has 2 N–H and O–H groups in total. The Morgan fingerprint density at radius 3 is 2.83 bits per heavy atom. The maximum atomic E-state index is 10.6. The first-order valence-electron chi connectivity index (χ1n) is 4.26. The molecule has 0 unspecified atom stereocenters. The summed E-state index contributed by atoms with van der Waals surface area (Å²) in [4.78, 5) is 12.4. The minimum atomic E-state index is -0.816. The van der Waals surface area contributed by atoms with Gasteiger partial charge in [-0.25, -0.2) is 0 Å². The summed E-state index contributed by atoms with van der Waals surface area (Å²) in [6.07, 6.45) is 1.34. The second kappa shape index (κ2) is 3.87. The highest BCUT2D eigenvalue weighted by Gasteiger charge is 2.25. The molecule has 1 rings (SSSR count). The van der Waals surface area contributed by atoms with Crippen molar-refractivity contribution in [3.05, 3.63) is 0 Å². The highest BCUT2D eigenvalue weighted by Crippen LogP contribution is 2.12. The first-order valence-corrected chi connectivity index (χ1v) is 4.26. The second-order valence-electron chi connectivity index (χ2n) is 3.31. The molecule has 12 heavy (non-hydrogen) atoms. The van der Waals surface area contributed by atoms with Gasteiger partial charge in [0.05, 0.1) is 6.10 Å². The average molecular weight is 173 g/mol. The summed E-state index contributed by atoms with van der Waals surface area (Å²) < 4.78 is 0. The highest BCUT2D eigenvalue weighted by molar-refractivity contribution is 5.72. The minimum Gasteiger partial charge on any atom is -0.480 e. The summed E-state index contributed by atoms with van der Waals surface area (Å²) in [5.41, 5.74) is 0. The summed E-state index contributed by atoms with van der Waals surface area (Å²) in [5.74, 6) is -0.816. The molecule has 0 saturated carbocycles. The number of piperidine rings is 1. The van der Waals surface area contributed by atoms with Crippen LogP contribution in [0, 0.1) is 0 Å². The lowest BCUT2D eigenvalue weighted by atomic mass is 10.1. The van der Waals surface area contributed by atoms with Crippen LogP contribution in [-0.4, -0.2) is 46.3 Å². The number of rotatable bonds is 2. The van der Waals surface area contributed by atoms with Crippen LogP contribution < -0.4 is 0 Å². The zero-order valence-corrected chi connectivity index (χ0v) is 7.23. The third-order valence-electron chi connectivity index (χ3n) is 2.33. The van der Waals surface area contributed by atoms with Crippen LogP contribution in [0.25, 0.3) is 0 Å². The van der Waals surface area contributed by atoms with E-state index in [1.54, 1.807) is 11.8 Å². The highest BCUT2D eigenvalue weighted by atomic mass is 16.4. The molecule has 0 spiro atoms. The summed E-state index contributed by atoms with van der Waals surface area (Å²) in [6, 6.07) is -0.472. The maximum Gasteiger partial charge on any atom is 0.320 e. The number of hydrogen-bond donors (Lipinski definition) is 2. The van der Waals surface area contributed by atoms with Gasteiger partial charge in [-0.05, 0) is 26.3 Å². The molecule has 1 heterocycles. The SMILES string of the molecule is C[C@H](C(=O)O)N1CCC[C@H](O)C1. The zero-order valence-electron chi connectivity index (χ0n) is 7.23. The Kier molecular flexibility index (Phi) is 3.05. The van der Waals surface area contributed by atoms with Crippen LogP contribution in [0.5, 0.6) is 0 Å². The molecule has 2 atom stereocenters. The predicted octanol–water partition coefficient (Wildman–Crippen LogP) is -0.0838. The molecule has 4 heteroatoms. The fraction of sp³-hybridized carbons (Fsp3) is 0.875. The van der Waals surface area contributed by atoms with Gasteiger partial charge in [0.2, 0.25) is 0 Å². The first-order chi connectivity index (χ1) is 5.61. The van der Waals surface area contributed by atoms with Crippen LogP contribution in [-0.2, 0) is 4.79 Å². The minimum absolute atomic E-state index is 0.347. The number of aliphatic hydroxyl groups excluding tert-OH is 1. The van der Waals surface area contributed by atoms with Gasteiger partial charge in [0.25, 0.3) is 0 Å². The summed E-state index contributed by atoms with van der Waals surface area (Å²) in [6.45, 7) is 2.93. The molecule has 0 amide bonds. The smallest absolute Gasteiger partial charge is 0.320 e. The lowest BCUT2D eigenvalue weighted by Gasteiger charge is -2.32. The number of likely N-dealkylation sites (tertiary alicyclic amines) is 1. The number of aliphatic hydroxyl groups is 1. The van der Waals surface area contributed by atoms with E-state index in [0.29, 0.717) is 6.54 Å². The Morgan fingerprint density at radius 2 is 2.33 bits per heavy atom. The van der Waals surface area contributed by atoms with E-state index in [4.69, 9.17) is 5.11 Å². The Balaban J connectivity index is 2.45. The van der Waals surface area contributed by atoms with E-state index in [0.717, 1.165) is 19.4 Å². The summed E-state index contributed by atoms with van der Waals surface area (Å²) >= 11 is 0. The quantitative estimate of drug-likeness (QED) is 0.613. The molecule has 0 radical (unpaired) electrons.